The fourth-order valence-corrected chi connectivity index (χ4v) is 1.28. The molecule has 0 aromatic heterocycles. The topological polar surface area (TPSA) is 23.8 Å². The number of nitrogens with one attached hydrogen (secondary N) is 1. The third-order valence-electron chi connectivity index (χ3n) is 2.01. The first-order valence-electron chi connectivity index (χ1n) is 4.59. The fraction of sp³-hybridized carbons (Fsp3) is 0.455. The van der Waals surface area contributed by atoms with Crippen LogP contribution < -0.4 is 5.73 Å². The Morgan fingerprint density at radius 1 is 1.25 bits per heavy atom. The Kier molecular flexibility index (Phi) is 3.81. The third-order valence-corrected chi connectivity index (χ3v) is 2.01. The standard InChI is InChI=1S/C11H16N/c1-2-3-5-10-6-4-7-11(8-10)9-12/h4,6-8,12H,2-3,5,9H2,1H3. The largest absolute Gasteiger partial charge is 0.253 e. The zero-order valence-corrected chi connectivity index (χ0v) is 7.64. The predicted molar refractivity (Wildman–Crippen MR) is 51.9 cm³/mol. The van der Waals surface area contributed by atoms with Gasteiger partial charge in [0.15, 0.2) is 0 Å². The van der Waals surface area contributed by atoms with Crippen LogP contribution in [0.5, 0.6) is 0 Å². The van der Waals surface area contributed by atoms with E-state index in [1.165, 1.54) is 18.4 Å². The molecule has 0 unspecified atom stereocenters. The summed E-state index contributed by atoms with van der Waals surface area (Å²) in [6, 6.07) is 8.36. The second kappa shape index (κ2) is 4.94. The SMILES string of the molecule is CCCCc1cccc(C[NH])c1. The van der Waals surface area contributed by atoms with Gasteiger partial charge in [-0.1, -0.05) is 37.6 Å². The van der Waals surface area contributed by atoms with E-state index in [4.69, 9.17) is 5.73 Å². The molecule has 0 fully saturated rings. The Balaban J connectivity index is 2.60. The second-order valence-electron chi connectivity index (χ2n) is 3.10. The lowest BCUT2D eigenvalue weighted by molar-refractivity contribution is 0.793. The van der Waals surface area contributed by atoms with Crippen LogP contribution in [0.25, 0.3) is 0 Å². The van der Waals surface area contributed by atoms with Crippen molar-refractivity contribution < 1.29 is 0 Å². The lowest BCUT2D eigenvalue weighted by Crippen LogP contribution is -1.89. The van der Waals surface area contributed by atoms with Crippen LogP contribution in [-0.2, 0) is 13.0 Å². The van der Waals surface area contributed by atoms with Gasteiger partial charge in [0.1, 0.15) is 0 Å². The summed E-state index contributed by atoms with van der Waals surface area (Å²) in [5.74, 6) is 0. The highest BCUT2D eigenvalue weighted by atomic mass is 14.5. The Morgan fingerprint density at radius 2 is 2.00 bits per heavy atom. The Labute approximate surface area is 74.6 Å². The highest BCUT2D eigenvalue weighted by Crippen LogP contribution is 2.08. The Hall–Kier alpha value is -0.820. The summed E-state index contributed by atoms with van der Waals surface area (Å²) in [6.45, 7) is 2.61. The lowest BCUT2D eigenvalue weighted by atomic mass is 10.1. The van der Waals surface area contributed by atoms with Crippen LogP contribution in [-0.4, -0.2) is 0 Å². The Bertz CT molecular complexity index is 230. The molecule has 1 rings (SSSR count). The van der Waals surface area contributed by atoms with Crippen LogP contribution in [0.3, 0.4) is 0 Å². The molecule has 12 heavy (non-hydrogen) atoms. The smallest absolute Gasteiger partial charge is 0.0351 e. The second-order valence-corrected chi connectivity index (χ2v) is 3.10. The summed E-state index contributed by atoms with van der Waals surface area (Å²) in [6.07, 6.45) is 3.65. The van der Waals surface area contributed by atoms with E-state index in [-0.39, 0.29) is 0 Å². The van der Waals surface area contributed by atoms with Gasteiger partial charge in [0, 0.05) is 6.54 Å². The molecule has 1 aromatic rings. The number of hydrogen-bond donors (Lipinski definition) is 0. The van der Waals surface area contributed by atoms with E-state index in [1.807, 2.05) is 6.07 Å². The van der Waals surface area contributed by atoms with Crippen LogP contribution in [0.2, 0.25) is 0 Å². The quantitative estimate of drug-likeness (QED) is 0.650. The molecule has 0 aliphatic rings. The van der Waals surface area contributed by atoms with E-state index < -0.39 is 0 Å². The lowest BCUT2D eigenvalue weighted by Gasteiger charge is -2.01. The zero-order chi connectivity index (χ0) is 8.81. The summed E-state index contributed by atoms with van der Waals surface area (Å²) >= 11 is 0. The normalized spacial score (nSPS) is 10.2. The van der Waals surface area contributed by atoms with Gasteiger partial charge in [0.2, 0.25) is 0 Å². The maximum atomic E-state index is 7.22. The van der Waals surface area contributed by atoms with Crippen molar-refractivity contribution in [3.05, 3.63) is 35.4 Å². The van der Waals surface area contributed by atoms with E-state index in [2.05, 4.69) is 25.1 Å². The summed E-state index contributed by atoms with van der Waals surface area (Å²) in [5, 5.41) is 0. The van der Waals surface area contributed by atoms with E-state index in [0.717, 1.165) is 12.0 Å². The van der Waals surface area contributed by atoms with Crippen LogP contribution in [0.1, 0.15) is 30.9 Å². The first-order chi connectivity index (χ1) is 5.86. The van der Waals surface area contributed by atoms with Crippen molar-refractivity contribution in [2.45, 2.75) is 32.7 Å². The molecule has 0 spiro atoms. The first kappa shape index (κ1) is 9.27. The molecule has 0 aliphatic carbocycles. The molecule has 0 aliphatic heterocycles. The molecule has 1 heteroatoms. The minimum atomic E-state index is 0.403. The number of hydrogen-bond acceptors (Lipinski definition) is 0. The zero-order valence-electron chi connectivity index (χ0n) is 7.64. The van der Waals surface area contributed by atoms with Crippen LogP contribution in [0, 0.1) is 0 Å². The number of benzene rings is 1. The van der Waals surface area contributed by atoms with Crippen molar-refractivity contribution >= 4 is 0 Å². The molecule has 1 N–H and O–H groups in total. The average Bonchev–Trinajstić information content (AvgIpc) is 2.15. The van der Waals surface area contributed by atoms with Gasteiger partial charge >= 0.3 is 0 Å². The van der Waals surface area contributed by atoms with E-state index in [1.54, 1.807) is 0 Å². The first-order valence-corrected chi connectivity index (χ1v) is 4.59. The molecule has 0 amide bonds. The molecule has 0 heterocycles. The van der Waals surface area contributed by atoms with Crippen molar-refractivity contribution in [2.75, 3.05) is 0 Å². The van der Waals surface area contributed by atoms with Crippen molar-refractivity contribution in [2.24, 2.45) is 0 Å². The highest BCUT2D eigenvalue weighted by molar-refractivity contribution is 5.23. The number of aryl methyl sites for hydroxylation is 1. The molecule has 0 bridgehead atoms. The van der Waals surface area contributed by atoms with Crippen molar-refractivity contribution in [1.82, 2.24) is 5.73 Å². The van der Waals surface area contributed by atoms with Crippen LogP contribution in [0.15, 0.2) is 24.3 Å². The number of rotatable bonds is 4. The highest BCUT2D eigenvalue weighted by Gasteiger charge is 1.93. The van der Waals surface area contributed by atoms with Crippen molar-refractivity contribution in [3.63, 3.8) is 0 Å². The minimum Gasteiger partial charge on any atom is -0.253 e. The average molecular weight is 162 g/mol. The summed E-state index contributed by atoms with van der Waals surface area (Å²) in [4.78, 5) is 0. The molecular weight excluding hydrogens is 146 g/mol. The van der Waals surface area contributed by atoms with Gasteiger partial charge in [0.25, 0.3) is 0 Å². The number of unbranched alkanes of at least 4 members (excludes halogenated alkanes) is 1. The fourth-order valence-electron chi connectivity index (χ4n) is 1.28. The van der Waals surface area contributed by atoms with Gasteiger partial charge in [0.05, 0.1) is 0 Å². The van der Waals surface area contributed by atoms with E-state index in [9.17, 15) is 0 Å². The monoisotopic (exact) mass is 162 g/mol. The molecule has 0 saturated heterocycles. The maximum Gasteiger partial charge on any atom is 0.0351 e. The molecule has 0 saturated carbocycles. The molecule has 65 valence electrons. The predicted octanol–water partition coefficient (Wildman–Crippen LogP) is 2.81. The van der Waals surface area contributed by atoms with Crippen molar-refractivity contribution in [1.29, 1.82) is 0 Å². The maximum absolute atomic E-state index is 7.22. The van der Waals surface area contributed by atoms with Gasteiger partial charge in [-0.15, -0.1) is 0 Å². The Morgan fingerprint density at radius 3 is 2.67 bits per heavy atom. The van der Waals surface area contributed by atoms with Gasteiger partial charge in [-0.05, 0) is 24.0 Å². The summed E-state index contributed by atoms with van der Waals surface area (Å²) in [5.41, 5.74) is 9.72. The minimum absolute atomic E-state index is 0.403. The molecule has 1 aromatic carbocycles. The van der Waals surface area contributed by atoms with E-state index >= 15 is 0 Å². The molecule has 1 radical (unpaired) electrons. The van der Waals surface area contributed by atoms with Crippen LogP contribution >= 0.6 is 0 Å². The summed E-state index contributed by atoms with van der Waals surface area (Å²) < 4.78 is 0. The molecule has 1 nitrogen and oxygen atoms in total. The molecular formula is C11H16N. The van der Waals surface area contributed by atoms with Crippen molar-refractivity contribution in [3.8, 4) is 0 Å². The van der Waals surface area contributed by atoms with Gasteiger partial charge < -0.3 is 0 Å². The van der Waals surface area contributed by atoms with Gasteiger partial charge in [-0.3, -0.25) is 5.73 Å². The van der Waals surface area contributed by atoms with Gasteiger partial charge in [-0.2, -0.15) is 0 Å². The third kappa shape index (κ3) is 2.67. The summed E-state index contributed by atoms with van der Waals surface area (Å²) in [7, 11) is 0. The van der Waals surface area contributed by atoms with E-state index in [0.29, 0.717) is 6.54 Å². The van der Waals surface area contributed by atoms with Gasteiger partial charge in [-0.25, -0.2) is 0 Å². The molecule has 0 atom stereocenters. The van der Waals surface area contributed by atoms with Crippen LogP contribution in [0.4, 0.5) is 0 Å².